The second-order valence-electron chi connectivity index (χ2n) is 6.16. The van der Waals surface area contributed by atoms with Gasteiger partial charge in [-0.3, -0.25) is 4.79 Å². The van der Waals surface area contributed by atoms with Crippen molar-refractivity contribution < 1.29 is 19.2 Å². The van der Waals surface area contributed by atoms with Crippen molar-refractivity contribution in [1.82, 2.24) is 5.32 Å². The quantitative estimate of drug-likeness (QED) is 0.779. The number of benzene rings is 1. The molecule has 5 heteroatoms. The molecule has 0 spiro atoms. The highest BCUT2D eigenvalue weighted by Crippen LogP contribution is 2.29. The number of nitrogens with one attached hydrogen (secondary N) is 2. The molecule has 2 atom stereocenters. The minimum atomic E-state index is -0.0758. The zero-order valence-corrected chi connectivity index (χ0v) is 14.2. The van der Waals surface area contributed by atoms with Crippen molar-refractivity contribution in [3.05, 3.63) is 23.3 Å². The number of amides is 1. The SMILES string of the molecule is COc1cc(C)c(C[NH+](C)[C@@H](C)C(=O)NC2CC2)cc1OC. The summed E-state index contributed by atoms with van der Waals surface area (Å²) < 4.78 is 10.7. The van der Waals surface area contributed by atoms with Gasteiger partial charge in [-0.15, -0.1) is 0 Å². The highest BCUT2D eigenvalue weighted by atomic mass is 16.5. The van der Waals surface area contributed by atoms with Crippen LogP contribution in [-0.2, 0) is 11.3 Å². The van der Waals surface area contributed by atoms with E-state index in [0.29, 0.717) is 6.04 Å². The largest absolute Gasteiger partial charge is 0.493 e. The molecule has 1 aliphatic carbocycles. The van der Waals surface area contributed by atoms with Crippen molar-refractivity contribution in [2.24, 2.45) is 0 Å². The molecule has 0 heterocycles. The number of carbonyl (C=O) groups excluding carboxylic acids is 1. The van der Waals surface area contributed by atoms with Gasteiger partial charge in [-0.05, 0) is 44.4 Å². The fourth-order valence-corrected chi connectivity index (χ4v) is 2.44. The Morgan fingerprint density at radius 2 is 1.91 bits per heavy atom. The maximum Gasteiger partial charge on any atom is 0.278 e. The second-order valence-corrected chi connectivity index (χ2v) is 6.16. The lowest BCUT2D eigenvalue weighted by Gasteiger charge is -2.22. The summed E-state index contributed by atoms with van der Waals surface area (Å²) in [6, 6.07) is 4.32. The van der Waals surface area contributed by atoms with Crippen LogP contribution in [0.2, 0.25) is 0 Å². The van der Waals surface area contributed by atoms with E-state index in [-0.39, 0.29) is 11.9 Å². The van der Waals surface area contributed by atoms with Crippen LogP contribution >= 0.6 is 0 Å². The number of hydrogen-bond donors (Lipinski definition) is 2. The van der Waals surface area contributed by atoms with Crippen LogP contribution < -0.4 is 19.7 Å². The Morgan fingerprint density at radius 1 is 1.32 bits per heavy atom. The Hall–Kier alpha value is -1.75. The van der Waals surface area contributed by atoms with Gasteiger partial charge in [0.05, 0.1) is 21.3 Å². The molecule has 1 unspecified atom stereocenters. The topological polar surface area (TPSA) is 52.0 Å². The number of likely N-dealkylation sites (N-methyl/N-ethyl adjacent to an activating group) is 1. The van der Waals surface area contributed by atoms with E-state index in [0.717, 1.165) is 41.3 Å². The number of carbonyl (C=O) groups is 1. The molecule has 0 bridgehead atoms. The van der Waals surface area contributed by atoms with Gasteiger partial charge in [0.2, 0.25) is 0 Å². The molecule has 0 aromatic heterocycles. The van der Waals surface area contributed by atoms with Crippen LogP contribution in [-0.4, -0.2) is 39.3 Å². The van der Waals surface area contributed by atoms with Crippen LogP contribution in [0.15, 0.2) is 12.1 Å². The standard InChI is InChI=1S/C17H26N2O3/c1-11-8-15(21-4)16(22-5)9-13(11)10-19(3)12(2)17(20)18-14-6-7-14/h8-9,12,14H,6-7,10H2,1-5H3,(H,18,20)/p+1/t12-/m0/s1. The van der Waals surface area contributed by atoms with E-state index in [4.69, 9.17) is 9.47 Å². The smallest absolute Gasteiger partial charge is 0.278 e. The summed E-state index contributed by atoms with van der Waals surface area (Å²) >= 11 is 0. The molecule has 122 valence electrons. The molecule has 0 radical (unpaired) electrons. The van der Waals surface area contributed by atoms with E-state index in [2.05, 4.69) is 12.2 Å². The molecule has 1 fully saturated rings. The zero-order valence-electron chi connectivity index (χ0n) is 14.2. The predicted molar refractivity (Wildman–Crippen MR) is 85.5 cm³/mol. The first-order chi connectivity index (χ1) is 10.5. The van der Waals surface area contributed by atoms with E-state index in [1.807, 2.05) is 26.1 Å². The lowest BCUT2D eigenvalue weighted by molar-refractivity contribution is -0.908. The number of hydrogen-bond acceptors (Lipinski definition) is 3. The van der Waals surface area contributed by atoms with Gasteiger partial charge >= 0.3 is 0 Å². The number of ether oxygens (including phenoxy) is 2. The summed E-state index contributed by atoms with van der Waals surface area (Å²) in [4.78, 5) is 13.3. The highest BCUT2D eigenvalue weighted by molar-refractivity contribution is 5.80. The average molecular weight is 307 g/mol. The number of methoxy groups -OCH3 is 2. The molecule has 2 rings (SSSR count). The molecule has 22 heavy (non-hydrogen) atoms. The van der Waals surface area contributed by atoms with Gasteiger partial charge < -0.3 is 19.7 Å². The Labute approximate surface area is 132 Å². The lowest BCUT2D eigenvalue weighted by atomic mass is 10.1. The van der Waals surface area contributed by atoms with Crippen LogP contribution in [0.4, 0.5) is 0 Å². The van der Waals surface area contributed by atoms with E-state index >= 15 is 0 Å². The summed E-state index contributed by atoms with van der Waals surface area (Å²) in [5.41, 5.74) is 2.31. The molecule has 5 nitrogen and oxygen atoms in total. The van der Waals surface area contributed by atoms with Gasteiger partial charge in [0.25, 0.3) is 5.91 Å². The van der Waals surface area contributed by atoms with E-state index in [1.54, 1.807) is 14.2 Å². The van der Waals surface area contributed by atoms with Crippen LogP contribution in [0.5, 0.6) is 11.5 Å². The summed E-state index contributed by atoms with van der Waals surface area (Å²) in [6.07, 6.45) is 2.23. The Bertz CT molecular complexity index is 541. The molecule has 1 aromatic carbocycles. The first-order valence-electron chi connectivity index (χ1n) is 7.80. The molecule has 0 saturated heterocycles. The Morgan fingerprint density at radius 3 is 2.45 bits per heavy atom. The number of quaternary nitrogens is 1. The third-order valence-electron chi connectivity index (χ3n) is 4.37. The zero-order chi connectivity index (χ0) is 16.3. The monoisotopic (exact) mass is 307 g/mol. The van der Waals surface area contributed by atoms with Crippen LogP contribution in [0, 0.1) is 6.92 Å². The summed E-state index contributed by atoms with van der Waals surface area (Å²) in [6.45, 7) is 4.80. The van der Waals surface area contributed by atoms with Gasteiger partial charge in [0.1, 0.15) is 6.54 Å². The summed E-state index contributed by atoms with van der Waals surface area (Å²) in [7, 11) is 5.32. The van der Waals surface area contributed by atoms with Gasteiger partial charge in [-0.1, -0.05) is 0 Å². The number of rotatable bonds is 7. The van der Waals surface area contributed by atoms with Gasteiger partial charge in [0.15, 0.2) is 17.5 Å². The van der Waals surface area contributed by atoms with E-state index in [1.165, 1.54) is 5.56 Å². The van der Waals surface area contributed by atoms with Crippen molar-refractivity contribution >= 4 is 5.91 Å². The maximum absolute atomic E-state index is 12.2. The third kappa shape index (κ3) is 3.91. The summed E-state index contributed by atoms with van der Waals surface area (Å²) in [5.74, 6) is 1.60. The van der Waals surface area contributed by atoms with Gasteiger partial charge in [-0.2, -0.15) is 0 Å². The first-order valence-corrected chi connectivity index (χ1v) is 7.80. The fraction of sp³-hybridized carbons (Fsp3) is 0.588. The van der Waals surface area contributed by atoms with Crippen molar-refractivity contribution in [3.63, 3.8) is 0 Å². The van der Waals surface area contributed by atoms with E-state index < -0.39 is 0 Å². The molecule has 0 aliphatic heterocycles. The van der Waals surface area contributed by atoms with Crippen LogP contribution in [0.1, 0.15) is 30.9 Å². The maximum atomic E-state index is 12.2. The molecule has 1 aliphatic rings. The minimum absolute atomic E-state index is 0.0758. The van der Waals surface area contributed by atoms with Crippen molar-refractivity contribution in [2.45, 2.75) is 45.3 Å². The number of aryl methyl sites for hydroxylation is 1. The van der Waals surface area contributed by atoms with Crippen molar-refractivity contribution in [1.29, 1.82) is 0 Å². The summed E-state index contributed by atoms with van der Waals surface area (Å²) in [5, 5.41) is 3.07. The molecular weight excluding hydrogens is 280 g/mol. The Balaban J connectivity index is 2.06. The van der Waals surface area contributed by atoms with Crippen molar-refractivity contribution in [3.8, 4) is 11.5 Å². The lowest BCUT2D eigenvalue weighted by Crippen LogP contribution is -3.12. The minimum Gasteiger partial charge on any atom is -0.493 e. The molecular formula is C17H27N2O3+. The molecule has 1 amide bonds. The Kier molecular flexibility index (Phi) is 5.29. The van der Waals surface area contributed by atoms with Crippen LogP contribution in [0.3, 0.4) is 0 Å². The third-order valence-corrected chi connectivity index (χ3v) is 4.37. The first kappa shape index (κ1) is 16.6. The normalized spacial score (nSPS) is 16.8. The molecule has 2 N–H and O–H groups in total. The molecule has 1 saturated carbocycles. The second kappa shape index (κ2) is 7.01. The van der Waals surface area contributed by atoms with E-state index in [9.17, 15) is 4.79 Å². The molecule has 1 aromatic rings. The van der Waals surface area contributed by atoms with Gasteiger partial charge in [-0.25, -0.2) is 0 Å². The highest BCUT2D eigenvalue weighted by Gasteiger charge is 2.29. The predicted octanol–water partition coefficient (Wildman–Crippen LogP) is 0.694. The fourth-order valence-electron chi connectivity index (χ4n) is 2.44. The van der Waals surface area contributed by atoms with Gasteiger partial charge in [0, 0.05) is 11.6 Å². The van der Waals surface area contributed by atoms with Crippen molar-refractivity contribution in [2.75, 3.05) is 21.3 Å². The van der Waals surface area contributed by atoms with Crippen LogP contribution in [0.25, 0.3) is 0 Å². The average Bonchev–Trinajstić information content (AvgIpc) is 3.31.